The van der Waals surface area contributed by atoms with Crippen molar-refractivity contribution in [2.45, 2.75) is 38.6 Å². The van der Waals surface area contributed by atoms with Gasteiger partial charge in [0, 0.05) is 5.92 Å². The van der Waals surface area contributed by atoms with Crippen LogP contribution in [0.4, 0.5) is 0 Å². The first kappa shape index (κ1) is 13.4. The summed E-state index contributed by atoms with van der Waals surface area (Å²) in [5.74, 6) is 0.453. The number of fused-ring (bicyclic) bond motifs is 1. The molecule has 3 atom stereocenters. The normalized spacial score (nSPS) is 23.8. The molecule has 1 amide bonds. The molecule has 0 heterocycles. The van der Waals surface area contributed by atoms with E-state index >= 15 is 0 Å². The Hall–Kier alpha value is -1.02. The van der Waals surface area contributed by atoms with Crippen LogP contribution >= 0.6 is 11.6 Å². The average Bonchev–Trinajstić information content (AvgIpc) is 2.65. The van der Waals surface area contributed by atoms with Crippen molar-refractivity contribution in [3.8, 4) is 0 Å². The van der Waals surface area contributed by atoms with E-state index in [4.69, 9.17) is 11.6 Å². The molecule has 0 saturated carbocycles. The highest BCUT2D eigenvalue weighted by Gasteiger charge is 2.33. The first-order valence-electron chi connectivity index (χ1n) is 6.53. The third-order valence-electron chi connectivity index (χ3n) is 3.88. The van der Waals surface area contributed by atoms with Crippen LogP contribution in [0.3, 0.4) is 0 Å². The topological polar surface area (TPSA) is 29.1 Å². The van der Waals surface area contributed by atoms with Crippen LogP contribution < -0.4 is 5.32 Å². The zero-order chi connectivity index (χ0) is 13.3. The fourth-order valence-corrected chi connectivity index (χ4v) is 2.67. The van der Waals surface area contributed by atoms with Crippen molar-refractivity contribution in [2.75, 3.05) is 0 Å². The predicted molar refractivity (Wildman–Crippen MR) is 74.7 cm³/mol. The van der Waals surface area contributed by atoms with Crippen LogP contribution in [0.1, 0.15) is 37.9 Å². The van der Waals surface area contributed by atoms with Crippen molar-refractivity contribution >= 4 is 17.5 Å². The maximum Gasteiger partial charge on any atom is 0.223 e. The van der Waals surface area contributed by atoms with E-state index in [1.807, 2.05) is 19.1 Å². The molecular weight excluding hydrogens is 246 g/mol. The molecule has 0 bridgehead atoms. The van der Waals surface area contributed by atoms with Gasteiger partial charge in [0.15, 0.2) is 0 Å². The lowest BCUT2D eigenvalue weighted by molar-refractivity contribution is -0.126. The van der Waals surface area contributed by atoms with Gasteiger partial charge in [0.05, 0.1) is 11.4 Å². The number of hydrogen-bond acceptors (Lipinski definition) is 1. The minimum Gasteiger partial charge on any atom is -0.348 e. The van der Waals surface area contributed by atoms with Gasteiger partial charge in [-0.05, 0) is 23.5 Å². The highest BCUT2D eigenvalue weighted by atomic mass is 35.5. The lowest BCUT2D eigenvalue weighted by Crippen LogP contribution is -2.37. The first-order chi connectivity index (χ1) is 8.50. The van der Waals surface area contributed by atoms with Crippen LogP contribution in [0, 0.1) is 11.8 Å². The van der Waals surface area contributed by atoms with Gasteiger partial charge < -0.3 is 5.32 Å². The summed E-state index contributed by atoms with van der Waals surface area (Å²) in [5, 5.41) is 3.06. The van der Waals surface area contributed by atoms with Gasteiger partial charge in [-0.25, -0.2) is 0 Å². The molecule has 0 aromatic heterocycles. The molecule has 1 aliphatic carbocycles. The Kier molecular flexibility index (Phi) is 3.96. The smallest absolute Gasteiger partial charge is 0.223 e. The Balaban J connectivity index is 2.13. The SMILES string of the molecule is CC(C)C(C)C(=O)NC1c2ccccc2CC1Cl. The molecule has 0 saturated heterocycles. The molecule has 0 spiro atoms. The molecule has 2 nitrogen and oxygen atoms in total. The Bertz CT molecular complexity index is 444. The molecule has 0 aliphatic heterocycles. The van der Waals surface area contributed by atoms with E-state index in [2.05, 4.69) is 31.3 Å². The van der Waals surface area contributed by atoms with Crippen LogP contribution in [0.25, 0.3) is 0 Å². The monoisotopic (exact) mass is 265 g/mol. The fraction of sp³-hybridized carbons (Fsp3) is 0.533. The van der Waals surface area contributed by atoms with Crippen LogP contribution in [-0.2, 0) is 11.2 Å². The predicted octanol–water partition coefficient (Wildman–Crippen LogP) is 3.30. The van der Waals surface area contributed by atoms with Gasteiger partial charge in [0.1, 0.15) is 0 Å². The number of amides is 1. The molecule has 3 unspecified atom stereocenters. The summed E-state index contributed by atoms with van der Waals surface area (Å²) in [6.45, 7) is 6.08. The Morgan fingerprint density at radius 1 is 1.33 bits per heavy atom. The Labute approximate surface area is 114 Å². The van der Waals surface area contributed by atoms with Gasteiger partial charge in [-0.15, -0.1) is 11.6 Å². The number of benzene rings is 1. The quantitative estimate of drug-likeness (QED) is 0.835. The van der Waals surface area contributed by atoms with Gasteiger partial charge >= 0.3 is 0 Å². The summed E-state index contributed by atoms with van der Waals surface area (Å²) in [4.78, 5) is 12.1. The van der Waals surface area contributed by atoms with Gasteiger partial charge in [0.25, 0.3) is 0 Å². The molecule has 1 aromatic carbocycles. The van der Waals surface area contributed by atoms with E-state index in [0.717, 1.165) is 6.42 Å². The molecule has 18 heavy (non-hydrogen) atoms. The molecule has 3 heteroatoms. The summed E-state index contributed by atoms with van der Waals surface area (Å²) in [7, 11) is 0. The third-order valence-corrected chi connectivity index (χ3v) is 4.28. The maximum absolute atomic E-state index is 12.1. The zero-order valence-electron chi connectivity index (χ0n) is 11.1. The number of nitrogens with one attached hydrogen (secondary N) is 1. The Morgan fingerprint density at radius 3 is 2.67 bits per heavy atom. The molecule has 0 radical (unpaired) electrons. The standard InChI is InChI=1S/C15H20ClNO/c1-9(2)10(3)15(18)17-14-12-7-5-4-6-11(12)8-13(14)16/h4-7,9-10,13-14H,8H2,1-3H3,(H,17,18). The number of halogens is 1. The van der Waals surface area contributed by atoms with Crippen molar-refractivity contribution in [3.05, 3.63) is 35.4 Å². The van der Waals surface area contributed by atoms with E-state index in [1.165, 1.54) is 11.1 Å². The number of carbonyl (C=O) groups is 1. The van der Waals surface area contributed by atoms with Crippen LogP contribution in [0.2, 0.25) is 0 Å². The number of hydrogen-bond donors (Lipinski definition) is 1. The maximum atomic E-state index is 12.1. The van der Waals surface area contributed by atoms with Crippen LogP contribution in [0.5, 0.6) is 0 Å². The van der Waals surface area contributed by atoms with E-state index in [-0.39, 0.29) is 23.2 Å². The molecule has 98 valence electrons. The molecule has 0 fully saturated rings. The largest absolute Gasteiger partial charge is 0.348 e. The molecular formula is C15H20ClNO. The van der Waals surface area contributed by atoms with Gasteiger partial charge in [-0.2, -0.15) is 0 Å². The summed E-state index contributed by atoms with van der Waals surface area (Å²) >= 11 is 6.36. The Morgan fingerprint density at radius 2 is 2.00 bits per heavy atom. The van der Waals surface area contributed by atoms with Crippen molar-refractivity contribution in [3.63, 3.8) is 0 Å². The molecule has 1 aromatic rings. The second kappa shape index (κ2) is 5.31. The molecule has 1 N–H and O–H groups in total. The summed E-state index contributed by atoms with van der Waals surface area (Å²) in [6, 6.07) is 8.12. The van der Waals surface area contributed by atoms with Crippen molar-refractivity contribution in [2.24, 2.45) is 11.8 Å². The second-order valence-corrected chi connectivity index (χ2v) is 6.00. The lowest BCUT2D eigenvalue weighted by atomic mass is 9.96. The summed E-state index contributed by atoms with van der Waals surface area (Å²) in [5.41, 5.74) is 2.42. The zero-order valence-corrected chi connectivity index (χ0v) is 11.9. The van der Waals surface area contributed by atoms with Crippen LogP contribution in [0.15, 0.2) is 24.3 Å². The molecule has 2 rings (SSSR count). The third kappa shape index (κ3) is 2.54. The second-order valence-electron chi connectivity index (χ2n) is 5.44. The highest BCUT2D eigenvalue weighted by Crippen LogP contribution is 2.34. The van der Waals surface area contributed by atoms with Gasteiger partial charge in [0.2, 0.25) is 5.91 Å². The average molecular weight is 266 g/mol. The van der Waals surface area contributed by atoms with Gasteiger partial charge in [-0.3, -0.25) is 4.79 Å². The fourth-order valence-electron chi connectivity index (χ4n) is 2.30. The van der Waals surface area contributed by atoms with E-state index in [1.54, 1.807) is 0 Å². The van der Waals surface area contributed by atoms with E-state index < -0.39 is 0 Å². The summed E-state index contributed by atoms with van der Waals surface area (Å²) < 4.78 is 0. The summed E-state index contributed by atoms with van der Waals surface area (Å²) in [6.07, 6.45) is 0.832. The van der Waals surface area contributed by atoms with E-state index in [0.29, 0.717) is 5.92 Å². The van der Waals surface area contributed by atoms with E-state index in [9.17, 15) is 4.79 Å². The lowest BCUT2D eigenvalue weighted by Gasteiger charge is -2.22. The minimum absolute atomic E-state index is 0.0154. The number of carbonyl (C=O) groups excluding carboxylic acids is 1. The number of rotatable bonds is 3. The molecule has 1 aliphatic rings. The first-order valence-corrected chi connectivity index (χ1v) is 6.96. The van der Waals surface area contributed by atoms with Crippen LogP contribution in [-0.4, -0.2) is 11.3 Å². The number of alkyl halides is 1. The van der Waals surface area contributed by atoms with Crippen molar-refractivity contribution in [1.29, 1.82) is 0 Å². The van der Waals surface area contributed by atoms with Crippen molar-refractivity contribution < 1.29 is 4.79 Å². The minimum atomic E-state index is -0.0448. The van der Waals surface area contributed by atoms with Gasteiger partial charge in [-0.1, -0.05) is 45.0 Å². The van der Waals surface area contributed by atoms with Crippen molar-refractivity contribution in [1.82, 2.24) is 5.32 Å². The highest BCUT2D eigenvalue weighted by molar-refractivity contribution is 6.21.